The Morgan fingerprint density at radius 1 is 0.917 bits per heavy atom. The standard InChI is InChI=1S/C18H22N2O3S/c1-3-19(16-10-6-4-7-11-16)18(21)14-15-20(24(2,22)23)17-12-8-5-9-13-17/h4-13H,3,14-15H2,1-2H3. The zero-order valence-electron chi connectivity index (χ0n) is 13.9. The van der Waals surface area contributed by atoms with Crippen molar-refractivity contribution in [2.75, 3.05) is 28.6 Å². The van der Waals surface area contributed by atoms with E-state index in [1.54, 1.807) is 29.2 Å². The predicted octanol–water partition coefficient (Wildman–Crippen LogP) is 2.90. The van der Waals surface area contributed by atoms with Crippen molar-refractivity contribution in [2.24, 2.45) is 0 Å². The molecule has 0 atom stereocenters. The first-order valence-corrected chi connectivity index (χ1v) is 9.66. The number of nitrogens with zero attached hydrogens (tertiary/aromatic N) is 2. The zero-order chi connectivity index (χ0) is 17.6. The molecule has 0 saturated heterocycles. The molecule has 2 aromatic rings. The third kappa shape index (κ3) is 4.58. The minimum absolute atomic E-state index is 0.103. The molecule has 0 fully saturated rings. The maximum absolute atomic E-state index is 12.5. The largest absolute Gasteiger partial charge is 0.313 e. The first kappa shape index (κ1) is 18.0. The molecular weight excluding hydrogens is 324 g/mol. The molecule has 0 aliphatic rings. The molecule has 0 N–H and O–H groups in total. The summed E-state index contributed by atoms with van der Waals surface area (Å²) in [6, 6.07) is 18.2. The van der Waals surface area contributed by atoms with Gasteiger partial charge >= 0.3 is 0 Å². The SMILES string of the molecule is CCN(C(=O)CCN(c1ccccc1)S(C)(=O)=O)c1ccccc1. The minimum atomic E-state index is -3.45. The minimum Gasteiger partial charge on any atom is -0.313 e. The molecule has 2 aromatic carbocycles. The van der Waals surface area contributed by atoms with E-state index in [9.17, 15) is 13.2 Å². The second-order valence-electron chi connectivity index (χ2n) is 5.39. The van der Waals surface area contributed by atoms with Gasteiger partial charge in [0.15, 0.2) is 0 Å². The van der Waals surface area contributed by atoms with E-state index in [0.29, 0.717) is 12.2 Å². The fourth-order valence-corrected chi connectivity index (χ4v) is 3.45. The van der Waals surface area contributed by atoms with Crippen molar-refractivity contribution >= 4 is 27.3 Å². The highest BCUT2D eigenvalue weighted by atomic mass is 32.2. The number of amides is 1. The average molecular weight is 346 g/mol. The van der Waals surface area contributed by atoms with Crippen LogP contribution in [0.3, 0.4) is 0 Å². The Labute approximate surface area is 143 Å². The smallest absolute Gasteiger partial charge is 0.232 e. The Bertz CT molecular complexity index is 761. The molecule has 0 radical (unpaired) electrons. The van der Waals surface area contributed by atoms with Gasteiger partial charge in [-0.3, -0.25) is 9.10 Å². The number of hydrogen-bond acceptors (Lipinski definition) is 3. The van der Waals surface area contributed by atoms with E-state index in [4.69, 9.17) is 0 Å². The monoisotopic (exact) mass is 346 g/mol. The van der Waals surface area contributed by atoms with Gasteiger partial charge in [-0.15, -0.1) is 0 Å². The lowest BCUT2D eigenvalue weighted by Crippen LogP contribution is -2.36. The molecule has 1 amide bonds. The molecule has 0 unspecified atom stereocenters. The molecule has 128 valence electrons. The van der Waals surface area contributed by atoms with E-state index < -0.39 is 10.0 Å². The maximum atomic E-state index is 12.5. The molecule has 0 aliphatic carbocycles. The van der Waals surface area contributed by atoms with Crippen molar-refractivity contribution in [3.05, 3.63) is 60.7 Å². The Hall–Kier alpha value is -2.34. The highest BCUT2D eigenvalue weighted by Gasteiger charge is 2.20. The van der Waals surface area contributed by atoms with Crippen LogP contribution in [-0.2, 0) is 14.8 Å². The Morgan fingerprint density at radius 2 is 1.42 bits per heavy atom. The molecule has 0 spiro atoms. The van der Waals surface area contributed by atoms with Crippen LogP contribution in [0, 0.1) is 0 Å². The summed E-state index contributed by atoms with van der Waals surface area (Å²) in [4.78, 5) is 14.2. The summed E-state index contributed by atoms with van der Waals surface area (Å²) in [6.45, 7) is 2.55. The van der Waals surface area contributed by atoms with Gasteiger partial charge < -0.3 is 4.90 Å². The molecule has 0 saturated carbocycles. The van der Waals surface area contributed by atoms with Gasteiger partial charge in [0.25, 0.3) is 0 Å². The van der Waals surface area contributed by atoms with Crippen molar-refractivity contribution in [3.8, 4) is 0 Å². The van der Waals surface area contributed by atoms with Crippen LogP contribution in [0.5, 0.6) is 0 Å². The second-order valence-corrected chi connectivity index (χ2v) is 7.30. The quantitative estimate of drug-likeness (QED) is 0.774. The molecule has 0 bridgehead atoms. The van der Waals surface area contributed by atoms with Crippen LogP contribution in [0.2, 0.25) is 0 Å². The van der Waals surface area contributed by atoms with E-state index in [2.05, 4.69) is 0 Å². The highest BCUT2D eigenvalue weighted by Crippen LogP contribution is 2.19. The van der Waals surface area contributed by atoms with Crippen LogP contribution in [0.4, 0.5) is 11.4 Å². The number of sulfonamides is 1. The predicted molar refractivity (Wildman–Crippen MR) is 97.7 cm³/mol. The van der Waals surface area contributed by atoms with Crippen LogP contribution < -0.4 is 9.21 Å². The van der Waals surface area contributed by atoms with Crippen molar-refractivity contribution in [3.63, 3.8) is 0 Å². The summed E-state index contributed by atoms with van der Waals surface area (Å²) in [6.07, 6.45) is 1.27. The third-order valence-corrected chi connectivity index (χ3v) is 4.85. The van der Waals surface area contributed by atoms with Gasteiger partial charge in [0, 0.05) is 25.2 Å². The lowest BCUT2D eigenvalue weighted by Gasteiger charge is -2.25. The average Bonchev–Trinajstić information content (AvgIpc) is 2.56. The number of carbonyl (C=O) groups excluding carboxylic acids is 1. The molecule has 6 heteroatoms. The van der Waals surface area contributed by atoms with Gasteiger partial charge in [0.05, 0.1) is 11.9 Å². The van der Waals surface area contributed by atoms with Crippen LogP contribution in [0.15, 0.2) is 60.7 Å². The molecule has 24 heavy (non-hydrogen) atoms. The second kappa shape index (κ2) is 7.97. The molecule has 0 aromatic heterocycles. The third-order valence-electron chi connectivity index (χ3n) is 3.66. The Kier molecular flexibility index (Phi) is 5.98. The zero-order valence-corrected chi connectivity index (χ0v) is 14.7. The topological polar surface area (TPSA) is 57.7 Å². The fraction of sp³-hybridized carbons (Fsp3) is 0.278. The van der Waals surface area contributed by atoms with E-state index in [1.165, 1.54) is 4.31 Å². The van der Waals surface area contributed by atoms with Crippen molar-refractivity contribution < 1.29 is 13.2 Å². The number of rotatable bonds is 7. The number of para-hydroxylation sites is 2. The lowest BCUT2D eigenvalue weighted by atomic mass is 10.2. The molecule has 5 nitrogen and oxygen atoms in total. The summed E-state index contributed by atoms with van der Waals surface area (Å²) >= 11 is 0. The van der Waals surface area contributed by atoms with Gasteiger partial charge in [-0.25, -0.2) is 8.42 Å². The number of benzene rings is 2. The summed E-state index contributed by atoms with van der Waals surface area (Å²) in [5.74, 6) is -0.103. The van der Waals surface area contributed by atoms with Crippen molar-refractivity contribution in [1.82, 2.24) is 0 Å². The molecule has 0 heterocycles. The lowest BCUT2D eigenvalue weighted by molar-refractivity contribution is -0.118. The van der Waals surface area contributed by atoms with E-state index >= 15 is 0 Å². The summed E-state index contributed by atoms with van der Waals surface area (Å²) in [7, 11) is -3.45. The van der Waals surface area contributed by atoms with E-state index in [0.717, 1.165) is 11.9 Å². The molecule has 2 rings (SSSR count). The van der Waals surface area contributed by atoms with E-state index in [-0.39, 0.29) is 18.9 Å². The van der Waals surface area contributed by atoms with Crippen LogP contribution in [0.1, 0.15) is 13.3 Å². The number of carbonyl (C=O) groups is 1. The van der Waals surface area contributed by atoms with E-state index in [1.807, 2.05) is 43.3 Å². The first-order valence-electron chi connectivity index (χ1n) is 7.81. The summed E-state index contributed by atoms with van der Waals surface area (Å²) < 4.78 is 25.4. The first-order chi connectivity index (χ1) is 11.4. The fourth-order valence-electron chi connectivity index (χ4n) is 2.52. The normalized spacial score (nSPS) is 11.1. The van der Waals surface area contributed by atoms with Gasteiger partial charge in [-0.05, 0) is 31.2 Å². The molecular formula is C18H22N2O3S. The summed E-state index contributed by atoms with van der Waals surface area (Å²) in [5.41, 5.74) is 1.38. The number of hydrogen-bond donors (Lipinski definition) is 0. The van der Waals surface area contributed by atoms with Crippen LogP contribution in [-0.4, -0.2) is 33.7 Å². The van der Waals surface area contributed by atoms with Crippen LogP contribution >= 0.6 is 0 Å². The van der Waals surface area contributed by atoms with Crippen molar-refractivity contribution in [1.29, 1.82) is 0 Å². The van der Waals surface area contributed by atoms with Gasteiger partial charge in [-0.2, -0.15) is 0 Å². The highest BCUT2D eigenvalue weighted by molar-refractivity contribution is 7.92. The van der Waals surface area contributed by atoms with Gasteiger partial charge in [0.1, 0.15) is 0 Å². The van der Waals surface area contributed by atoms with Crippen molar-refractivity contribution in [2.45, 2.75) is 13.3 Å². The number of anilines is 2. The molecule has 0 aliphatic heterocycles. The van der Waals surface area contributed by atoms with Gasteiger partial charge in [-0.1, -0.05) is 36.4 Å². The van der Waals surface area contributed by atoms with Crippen LogP contribution in [0.25, 0.3) is 0 Å². The maximum Gasteiger partial charge on any atom is 0.232 e. The Morgan fingerprint density at radius 3 is 1.88 bits per heavy atom. The Balaban J connectivity index is 2.13. The summed E-state index contributed by atoms with van der Waals surface area (Å²) in [5, 5.41) is 0. The van der Waals surface area contributed by atoms with Gasteiger partial charge in [0.2, 0.25) is 15.9 Å².